The molecule has 1 aliphatic carbocycles. The number of rotatable bonds is 2. The number of nitrogens with one attached hydrogen (secondary N) is 1. The first kappa shape index (κ1) is 19.1. The van der Waals surface area contributed by atoms with Crippen LogP contribution in [-0.2, 0) is 4.79 Å². The predicted molar refractivity (Wildman–Crippen MR) is 118 cm³/mol. The Morgan fingerprint density at radius 1 is 1.10 bits per heavy atom. The Labute approximate surface area is 182 Å². The summed E-state index contributed by atoms with van der Waals surface area (Å²) in [6.45, 7) is 4.23. The highest BCUT2D eigenvalue weighted by molar-refractivity contribution is 9.10. The van der Waals surface area contributed by atoms with Crippen LogP contribution in [0.25, 0.3) is 11.4 Å². The summed E-state index contributed by atoms with van der Waals surface area (Å²) < 4.78 is 2.79. The van der Waals surface area contributed by atoms with Gasteiger partial charge in [0.25, 0.3) is 0 Å². The first-order valence-corrected chi connectivity index (χ1v) is 10.6. The average Bonchev–Trinajstić information content (AvgIpc) is 3.10. The first-order valence-electron chi connectivity index (χ1n) is 9.85. The van der Waals surface area contributed by atoms with Crippen molar-refractivity contribution < 1.29 is 9.90 Å². The van der Waals surface area contributed by atoms with Crippen LogP contribution in [0.1, 0.15) is 38.3 Å². The zero-order valence-electron chi connectivity index (χ0n) is 16.7. The van der Waals surface area contributed by atoms with Crippen molar-refractivity contribution in [3.05, 3.63) is 69.8 Å². The van der Waals surface area contributed by atoms with E-state index in [1.807, 2.05) is 24.3 Å². The van der Waals surface area contributed by atoms with Crippen LogP contribution < -0.4 is 5.32 Å². The number of allylic oxidation sites excluding steroid dienone is 2. The van der Waals surface area contributed by atoms with Gasteiger partial charge in [0.05, 0.1) is 0 Å². The SMILES string of the molecule is CC1(C)CC(=O)C2=C(C1)Nc1nc(-c3ccc(O)cc3)nn1C2c1ccc(Br)cc1. The third kappa shape index (κ3) is 3.23. The number of nitrogens with zero attached hydrogens (tertiary/aromatic N) is 3. The molecule has 0 spiro atoms. The van der Waals surface area contributed by atoms with Crippen molar-refractivity contribution in [1.29, 1.82) is 0 Å². The number of phenolic OH excluding ortho intramolecular Hbond substituents is 1. The molecule has 0 amide bonds. The number of aromatic hydroxyl groups is 1. The van der Waals surface area contributed by atoms with Crippen LogP contribution >= 0.6 is 15.9 Å². The number of hydrogen-bond acceptors (Lipinski definition) is 5. The maximum absolute atomic E-state index is 13.2. The third-order valence-corrected chi connectivity index (χ3v) is 6.17. The number of carbonyl (C=O) groups is 1. The molecule has 1 aromatic heterocycles. The highest BCUT2D eigenvalue weighted by Crippen LogP contribution is 2.45. The number of aromatic nitrogens is 3. The normalized spacial score (nSPS) is 19.8. The number of phenols is 1. The van der Waals surface area contributed by atoms with E-state index in [1.54, 1.807) is 28.9 Å². The molecule has 3 aromatic rings. The van der Waals surface area contributed by atoms with Gasteiger partial charge in [0.1, 0.15) is 11.8 Å². The Hall–Kier alpha value is -2.93. The molecule has 5 rings (SSSR count). The van der Waals surface area contributed by atoms with Crippen molar-refractivity contribution in [2.75, 3.05) is 5.32 Å². The molecule has 1 aliphatic heterocycles. The Bertz CT molecular complexity index is 1180. The molecule has 0 saturated carbocycles. The molecule has 152 valence electrons. The van der Waals surface area contributed by atoms with Gasteiger partial charge < -0.3 is 10.4 Å². The van der Waals surface area contributed by atoms with E-state index in [0.717, 1.165) is 33.3 Å². The summed E-state index contributed by atoms with van der Waals surface area (Å²) in [4.78, 5) is 17.9. The number of anilines is 1. The maximum atomic E-state index is 13.2. The number of Topliss-reactive ketones (excluding diaryl/α,β-unsaturated/α-hetero) is 1. The molecule has 0 radical (unpaired) electrons. The predicted octanol–water partition coefficient (Wildman–Crippen LogP) is 5.07. The monoisotopic (exact) mass is 464 g/mol. The smallest absolute Gasteiger partial charge is 0.226 e. The molecule has 2 heterocycles. The highest BCUT2D eigenvalue weighted by Gasteiger charge is 2.41. The molecule has 6 nitrogen and oxygen atoms in total. The van der Waals surface area contributed by atoms with Crippen molar-refractivity contribution in [1.82, 2.24) is 14.8 Å². The standard InChI is InChI=1S/C23H21BrN4O2/c1-23(2)11-17-19(18(30)12-23)20(13-3-7-15(24)8-4-13)28-22(25-17)26-21(27-28)14-5-9-16(29)10-6-14/h3-10,20,29H,11-12H2,1-2H3,(H,25,26,27). The second-order valence-corrected chi connectivity index (χ2v) is 9.58. The Morgan fingerprint density at radius 3 is 2.50 bits per heavy atom. The van der Waals surface area contributed by atoms with Gasteiger partial charge in [0.2, 0.25) is 5.95 Å². The molecule has 0 bridgehead atoms. The van der Waals surface area contributed by atoms with E-state index < -0.39 is 0 Å². The molecular weight excluding hydrogens is 444 g/mol. The number of fused-ring (bicyclic) bond motifs is 1. The second-order valence-electron chi connectivity index (χ2n) is 8.66. The molecule has 7 heteroatoms. The lowest BCUT2D eigenvalue weighted by molar-refractivity contribution is -0.118. The van der Waals surface area contributed by atoms with E-state index in [2.05, 4.69) is 35.1 Å². The summed E-state index contributed by atoms with van der Waals surface area (Å²) in [5.74, 6) is 1.51. The molecule has 0 saturated heterocycles. The zero-order valence-corrected chi connectivity index (χ0v) is 18.3. The lowest BCUT2D eigenvalue weighted by Crippen LogP contribution is -2.36. The summed E-state index contributed by atoms with van der Waals surface area (Å²) in [5, 5.41) is 17.7. The second kappa shape index (κ2) is 6.80. The van der Waals surface area contributed by atoms with Crippen LogP contribution in [-0.4, -0.2) is 25.7 Å². The average molecular weight is 465 g/mol. The molecule has 1 atom stereocenters. The van der Waals surface area contributed by atoms with E-state index in [0.29, 0.717) is 18.2 Å². The van der Waals surface area contributed by atoms with E-state index in [9.17, 15) is 9.90 Å². The van der Waals surface area contributed by atoms with Gasteiger partial charge in [-0.15, -0.1) is 5.10 Å². The fourth-order valence-electron chi connectivity index (χ4n) is 4.30. The maximum Gasteiger partial charge on any atom is 0.226 e. The zero-order chi connectivity index (χ0) is 21.0. The fraction of sp³-hybridized carbons (Fsp3) is 0.261. The largest absolute Gasteiger partial charge is 0.508 e. The molecule has 1 unspecified atom stereocenters. The van der Waals surface area contributed by atoms with Gasteiger partial charge in [-0.2, -0.15) is 4.98 Å². The quantitative estimate of drug-likeness (QED) is 0.553. The molecule has 30 heavy (non-hydrogen) atoms. The van der Waals surface area contributed by atoms with E-state index in [-0.39, 0.29) is 23.0 Å². The Morgan fingerprint density at radius 2 is 1.80 bits per heavy atom. The topological polar surface area (TPSA) is 80.0 Å². The van der Waals surface area contributed by atoms with E-state index in [4.69, 9.17) is 10.1 Å². The molecule has 0 fully saturated rings. The minimum atomic E-state index is -0.327. The van der Waals surface area contributed by atoms with Gasteiger partial charge in [-0.3, -0.25) is 4.79 Å². The Kier molecular flexibility index (Phi) is 4.32. The van der Waals surface area contributed by atoms with Gasteiger partial charge in [-0.05, 0) is 53.8 Å². The number of hydrogen-bond donors (Lipinski definition) is 2. The summed E-state index contributed by atoms with van der Waals surface area (Å²) >= 11 is 3.49. The van der Waals surface area contributed by atoms with E-state index >= 15 is 0 Å². The van der Waals surface area contributed by atoms with Gasteiger partial charge in [0, 0.05) is 27.7 Å². The minimum absolute atomic E-state index is 0.102. The van der Waals surface area contributed by atoms with Crippen molar-refractivity contribution in [2.45, 2.75) is 32.7 Å². The number of halogens is 1. The lowest BCUT2D eigenvalue weighted by atomic mass is 9.73. The van der Waals surface area contributed by atoms with Crippen molar-refractivity contribution in [2.24, 2.45) is 5.41 Å². The number of carbonyl (C=O) groups excluding carboxylic acids is 1. The van der Waals surface area contributed by atoms with Crippen LogP contribution in [0, 0.1) is 5.41 Å². The van der Waals surface area contributed by atoms with Gasteiger partial charge >= 0.3 is 0 Å². The lowest BCUT2D eigenvalue weighted by Gasteiger charge is -2.38. The van der Waals surface area contributed by atoms with Gasteiger partial charge in [-0.25, -0.2) is 4.68 Å². The highest BCUT2D eigenvalue weighted by atomic mass is 79.9. The minimum Gasteiger partial charge on any atom is -0.508 e. The fourth-order valence-corrected chi connectivity index (χ4v) is 4.56. The first-order chi connectivity index (χ1) is 14.3. The number of benzene rings is 2. The van der Waals surface area contributed by atoms with Gasteiger partial charge in [-0.1, -0.05) is 41.9 Å². The molecule has 2 N–H and O–H groups in total. The summed E-state index contributed by atoms with van der Waals surface area (Å²) in [5.41, 5.74) is 3.39. The van der Waals surface area contributed by atoms with Crippen LogP contribution in [0.3, 0.4) is 0 Å². The van der Waals surface area contributed by atoms with Crippen LogP contribution in [0.15, 0.2) is 64.3 Å². The van der Waals surface area contributed by atoms with Crippen molar-refractivity contribution >= 4 is 27.7 Å². The summed E-state index contributed by atoms with van der Waals surface area (Å²) in [6.07, 6.45) is 1.29. The van der Waals surface area contributed by atoms with Crippen LogP contribution in [0.5, 0.6) is 5.75 Å². The Balaban J connectivity index is 1.67. The van der Waals surface area contributed by atoms with Crippen molar-refractivity contribution in [3.8, 4) is 17.1 Å². The summed E-state index contributed by atoms with van der Waals surface area (Å²) in [7, 11) is 0. The van der Waals surface area contributed by atoms with Gasteiger partial charge in [0.15, 0.2) is 11.6 Å². The van der Waals surface area contributed by atoms with E-state index in [1.165, 1.54) is 0 Å². The molecule has 2 aliphatic rings. The van der Waals surface area contributed by atoms with Crippen LogP contribution in [0.2, 0.25) is 0 Å². The third-order valence-electron chi connectivity index (χ3n) is 5.64. The molecular formula is C23H21BrN4O2. The van der Waals surface area contributed by atoms with Crippen molar-refractivity contribution in [3.63, 3.8) is 0 Å². The molecule has 2 aromatic carbocycles. The van der Waals surface area contributed by atoms with Crippen LogP contribution in [0.4, 0.5) is 5.95 Å². The summed E-state index contributed by atoms with van der Waals surface area (Å²) in [6, 6.07) is 14.5. The number of ketones is 1.